The lowest BCUT2D eigenvalue weighted by atomic mass is 10.1. The zero-order valence-corrected chi connectivity index (χ0v) is 15.9. The predicted molar refractivity (Wildman–Crippen MR) is 101 cm³/mol. The highest BCUT2D eigenvalue weighted by atomic mass is 32.2. The molecule has 1 N–H and O–H groups in total. The summed E-state index contributed by atoms with van der Waals surface area (Å²) in [5.74, 6) is -1.54. The Morgan fingerprint density at radius 2 is 1.90 bits per heavy atom. The molecule has 2 heterocycles. The first-order valence-electron chi connectivity index (χ1n) is 8.06. The Morgan fingerprint density at radius 1 is 1.10 bits per heavy atom. The fourth-order valence-corrected chi connectivity index (χ4v) is 4.49. The zero-order chi connectivity index (χ0) is 20.8. The summed E-state index contributed by atoms with van der Waals surface area (Å²) in [6.07, 6.45) is -1.41. The van der Waals surface area contributed by atoms with Crippen LogP contribution in [0.3, 0.4) is 0 Å². The third-order valence-electron chi connectivity index (χ3n) is 4.06. The SMILES string of the molecule is O=S(=O)(Nc1cccc(-c2cn3ccsc3n2)c1)c1ccc(F)c(C(F)(F)F)c1. The lowest BCUT2D eigenvalue weighted by Gasteiger charge is -2.12. The van der Waals surface area contributed by atoms with Crippen LogP contribution in [0.15, 0.2) is 65.1 Å². The molecular weight excluding hydrogens is 430 g/mol. The fourth-order valence-electron chi connectivity index (χ4n) is 2.71. The van der Waals surface area contributed by atoms with E-state index in [-0.39, 0.29) is 11.8 Å². The number of nitrogens with one attached hydrogen (secondary N) is 1. The smallest absolute Gasteiger partial charge is 0.297 e. The van der Waals surface area contributed by atoms with Gasteiger partial charge in [0.05, 0.1) is 16.2 Å². The molecule has 2 aromatic heterocycles. The van der Waals surface area contributed by atoms with Crippen LogP contribution in [0.2, 0.25) is 0 Å². The van der Waals surface area contributed by atoms with Crippen LogP contribution >= 0.6 is 11.3 Å². The van der Waals surface area contributed by atoms with Crippen molar-refractivity contribution in [3.63, 3.8) is 0 Å². The third-order valence-corrected chi connectivity index (χ3v) is 6.21. The van der Waals surface area contributed by atoms with E-state index in [1.54, 1.807) is 18.3 Å². The van der Waals surface area contributed by atoms with Crippen molar-refractivity contribution in [1.29, 1.82) is 0 Å². The maximum absolute atomic E-state index is 13.4. The Labute approximate surface area is 166 Å². The van der Waals surface area contributed by atoms with Gasteiger partial charge in [-0.05, 0) is 30.3 Å². The van der Waals surface area contributed by atoms with E-state index in [1.807, 2.05) is 16.0 Å². The van der Waals surface area contributed by atoms with Gasteiger partial charge >= 0.3 is 6.18 Å². The second kappa shape index (κ2) is 6.85. The summed E-state index contributed by atoms with van der Waals surface area (Å²) < 4.78 is 81.2. The van der Waals surface area contributed by atoms with E-state index in [9.17, 15) is 26.0 Å². The van der Waals surface area contributed by atoms with Gasteiger partial charge in [0.25, 0.3) is 10.0 Å². The molecule has 0 bridgehead atoms. The van der Waals surface area contributed by atoms with Crippen molar-refractivity contribution in [3.05, 3.63) is 71.6 Å². The number of fused-ring (bicyclic) bond motifs is 1. The summed E-state index contributed by atoms with van der Waals surface area (Å²) in [6.45, 7) is 0. The number of thiazole rings is 1. The van der Waals surface area contributed by atoms with Crippen molar-refractivity contribution in [1.82, 2.24) is 9.38 Å². The number of halogens is 4. The van der Waals surface area contributed by atoms with E-state index in [0.717, 1.165) is 11.0 Å². The molecule has 0 spiro atoms. The molecule has 150 valence electrons. The van der Waals surface area contributed by atoms with Crippen LogP contribution in [0.4, 0.5) is 23.2 Å². The number of hydrogen-bond donors (Lipinski definition) is 1. The summed E-state index contributed by atoms with van der Waals surface area (Å²) in [5.41, 5.74) is -0.279. The van der Waals surface area contributed by atoms with Gasteiger partial charge < -0.3 is 0 Å². The highest BCUT2D eigenvalue weighted by Gasteiger charge is 2.35. The van der Waals surface area contributed by atoms with Crippen molar-refractivity contribution >= 4 is 32.0 Å². The zero-order valence-electron chi connectivity index (χ0n) is 14.3. The molecular formula is C18H11F4N3O2S2. The molecule has 4 rings (SSSR count). The Kier molecular flexibility index (Phi) is 4.58. The van der Waals surface area contributed by atoms with E-state index >= 15 is 0 Å². The second-order valence-corrected chi connectivity index (χ2v) is 8.60. The Bertz CT molecular complexity index is 1280. The summed E-state index contributed by atoms with van der Waals surface area (Å²) in [4.78, 5) is 4.49. The number of nitrogens with zero attached hydrogens (tertiary/aromatic N) is 2. The Morgan fingerprint density at radius 3 is 2.62 bits per heavy atom. The normalized spacial score (nSPS) is 12.4. The number of rotatable bonds is 4. The molecule has 4 aromatic rings. The molecule has 0 unspecified atom stereocenters. The van der Waals surface area contributed by atoms with Crippen LogP contribution in [0.25, 0.3) is 16.2 Å². The minimum Gasteiger partial charge on any atom is -0.297 e. The van der Waals surface area contributed by atoms with Gasteiger partial charge in [0, 0.05) is 29.0 Å². The van der Waals surface area contributed by atoms with Crippen LogP contribution in [0, 0.1) is 5.82 Å². The quantitative estimate of drug-likeness (QED) is 0.452. The van der Waals surface area contributed by atoms with Gasteiger partial charge in [-0.2, -0.15) is 13.2 Å². The standard InChI is InChI=1S/C18H11F4N3O2S2/c19-15-5-4-13(9-14(15)18(20,21)22)29(26,27)24-12-3-1-2-11(8-12)16-10-25-6-7-28-17(25)23-16/h1-10,24H. The second-order valence-electron chi connectivity index (χ2n) is 6.04. The molecule has 0 saturated heterocycles. The monoisotopic (exact) mass is 441 g/mol. The topological polar surface area (TPSA) is 63.5 Å². The number of benzene rings is 2. The lowest BCUT2D eigenvalue weighted by molar-refractivity contribution is -0.140. The van der Waals surface area contributed by atoms with E-state index in [4.69, 9.17) is 0 Å². The van der Waals surface area contributed by atoms with E-state index < -0.39 is 32.5 Å². The molecule has 0 aliphatic carbocycles. The number of anilines is 1. The largest absolute Gasteiger partial charge is 0.419 e. The number of alkyl halides is 3. The number of aromatic nitrogens is 2. The minimum absolute atomic E-state index is 0.136. The van der Waals surface area contributed by atoms with Crippen LogP contribution in [-0.4, -0.2) is 17.8 Å². The molecule has 11 heteroatoms. The minimum atomic E-state index is -5.01. The molecule has 0 atom stereocenters. The summed E-state index contributed by atoms with van der Waals surface area (Å²) >= 11 is 1.44. The van der Waals surface area contributed by atoms with Crippen molar-refractivity contribution in [2.75, 3.05) is 4.72 Å². The lowest BCUT2D eigenvalue weighted by Crippen LogP contribution is -2.15. The molecule has 29 heavy (non-hydrogen) atoms. The highest BCUT2D eigenvalue weighted by molar-refractivity contribution is 7.92. The van der Waals surface area contributed by atoms with Crippen LogP contribution in [0.1, 0.15) is 5.56 Å². The van der Waals surface area contributed by atoms with Gasteiger partial charge in [0.2, 0.25) is 0 Å². The van der Waals surface area contributed by atoms with Crippen molar-refractivity contribution in [3.8, 4) is 11.3 Å². The molecule has 0 aliphatic rings. The molecule has 0 amide bonds. The van der Waals surface area contributed by atoms with Gasteiger partial charge in [-0.1, -0.05) is 12.1 Å². The van der Waals surface area contributed by atoms with E-state index in [0.29, 0.717) is 17.3 Å². The summed E-state index contributed by atoms with van der Waals surface area (Å²) in [6, 6.07) is 7.80. The number of hydrogen-bond acceptors (Lipinski definition) is 4. The third kappa shape index (κ3) is 3.83. The van der Waals surface area contributed by atoms with Gasteiger partial charge in [-0.25, -0.2) is 17.8 Å². The molecule has 0 fully saturated rings. The molecule has 0 radical (unpaired) electrons. The maximum Gasteiger partial charge on any atom is 0.419 e. The first-order chi connectivity index (χ1) is 13.6. The van der Waals surface area contributed by atoms with Crippen molar-refractivity contribution < 1.29 is 26.0 Å². The molecule has 0 aliphatic heterocycles. The van der Waals surface area contributed by atoms with Gasteiger partial charge in [-0.3, -0.25) is 9.12 Å². The molecule has 5 nitrogen and oxygen atoms in total. The van der Waals surface area contributed by atoms with Gasteiger partial charge in [-0.15, -0.1) is 11.3 Å². The number of imidazole rings is 1. The fraction of sp³-hybridized carbons (Fsp3) is 0.0556. The summed E-state index contributed by atoms with van der Waals surface area (Å²) in [5, 5.41) is 1.87. The van der Waals surface area contributed by atoms with Crippen LogP contribution in [-0.2, 0) is 16.2 Å². The highest BCUT2D eigenvalue weighted by Crippen LogP contribution is 2.33. The number of sulfonamides is 1. The van der Waals surface area contributed by atoms with Gasteiger partial charge in [0.1, 0.15) is 5.82 Å². The average molecular weight is 441 g/mol. The van der Waals surface area contributed by atoms with Crippen molar-refractivity contribution in [2.45, 2.75) is 11.1 Å². The average Bonchev–Trinajstić information content (AvgIpc) is 3.22. The molecule has 0 saturated carbocycles. The van der Waals surface area contributed by atoms with Crippen LogP contribution < -0.4 is 4.72 Å². The van der Waals surface area contributed by atoms with E-state index in [1.165, 1.54) is 23.5 Å². The Hall–Kier alpha value is -2.92. The summed E-state index contributed by atoms with van der Waals surface area (Å²) in [7, 11) is -4.37. The first-order valence-corrected chi connectivity index (χ1v) is 10.4. The first kappa shape index (κ1) is 19.4. The molecule has 2 aromatic carbocycles. The predicted octanol–water partition coefficient (Wildman–Crippen LogP) is 5.02. The maximum atomic E-state index is 13.4. The Balaban J connectivity index is 1.66. The van der Waals surface area contributed by atoms with Crippen molar-refractivity contribution in [2.24, 2.45) is 0 Å². The van der Waals surface area contributed by atoms with E-state index in [2.05, 4.69) is 9.71 Å². The van der Waals surface area contributed by atoms with Gasteiger partial charge in [0.15, 0.2) is 4.96 Å². The van der Waals surface area contributed by atoms with Crippen LogP contribution in [0.5, 0.6) is 0 Å².